The Balaban J connectivity index is 3.17. The van der Waals surface area contributed by atoms with Gasteiger partial charge in [-0.1, -0.05) is 0 Å². The summed E-state index contributed by atoms with van der Waals surface area (Å²) < 4.78 is 18.0. The second-order valence-corrected chi connectivity index (χ2v) is 4.31. The van der Waals surface area contributed by atoms with Gasteiger partial charge in [-0.3, -0.25) is 14.3 Å². The molecule has 0 amide bonds. The molecule has 9 heteroatoms. The highest BCUT2D eigenvalue weighted by atomic mass is 19.1. The summed E-state index contributed by atoms with van der Waals surface area (Å²) in [5, 5.41) is 28.6. The van der Waals surface area contributed by atoms with Gasteiger partial charge in [0.05, 0.1) is 0 Å². The maximum atomic E-state index is 12.3. The fourth-order valence-corrected chi connectivity index (χ4v) is 1.68. The second kappa shape index (κ2) is 6.75. The highest BCUT2D eigenvalue weighted by Crippen LogP contribution is 2.16. The smallest absolute Gasteiger partial charge is 0.330 e. The van der Waals surface area contributed by atoms with Crippen LogP contribution < -0.4 is 11.2 Å². The van der Waals surface area contributed by atoms with Crippen LogP contribution in [0.1, 0.15) is 11.8 Å². The summed E-state index contributed by atoms with van der Waals surface area (Å²) in [6.07, 6.45) is -5.71. The van der Waals surface area contributed by atoms with Gasteiger partial charge in [0, 0.05) is 18.9 Å². The number of nitrogens with one attached hydrogen (secondary N) is 1. The van der Waals surface area contributed by atoms with E-state index in [9.17, 15) is 29.3 Å². The topological polar surface area (TPSA) is 125 Å². The summed E-state index contributed by atoms with van der Waals surface area (Å²) in [4.78, 5) is 24.9. The Kier molecular flexibility index (Phi) is 5.57. The van der Waals surface area contributed by atoms with E-state index >= 15 is 0 Å². The standard InChI is InChI=1S/C11H17FN2O6/c1-5-4-14(11(19)13-9(5)18)10(20-2)8(17)7(16)6(15)3-12/h4,6-8,10,15-17H,3H2,1-2H3,(H,13,18,19)/t6-,7-,8+,10?/m1/s1. The molecule has 0 radical (unpaired) electrons. The van der Waals surface area contributed by atoms with Gasteiger partial charge in [-0.2, -0.15) is 0 Å². The fraction of sp³-hybridized carbons (Fsp3) is 0.636. The molecule has 0 saturated heterocycles. The first-order valence-corrected chi connectivity index (χ1v) is 5.78. The number of alkyl halides is 1. The Hall–Kier alpha value is -1.55. The van der Waals surface area contributed by atoms with Gasteiger partial charge in [-0.15, -0.1) is 0 Å². The first-order chi connectivity index (χ1) is 9.33. The van der Waals surface area contributed by atoms with E-state index in [0.29, 0.717) is 0 Å². The summed E-state index contributed by atoms with van der Waals surface area (Å²) in [5.41, 5.74) is -1.28. The Labute approximate surface area is 113 Å². The van der Waals surface area contributed by atoms with Crippen molar-refractivity contribution in [2.75, 3.05) is 13.8 Å². The predicted molar refractivity (Wildman–Crippen MR) is 66.1 cm³/mol. The lowest BCUT2D eigenvalue weighted by atomic mass is 10.1. The Morgan fingerprint density at radius 1 is 1.35 bits per heavy atom. The molecular weight excluding hydrogens is 275 g/mol. The van der Waals surface area contributed by atoms with Gasteiger partial charge in [-0.25, -0.2) is 9.18 Å². The number of aryl methyl sites for hydroxylation is 1. The second-order valence-electron chi connectivity index (χ2n) is 4.31. The molecule has 8 nitrogen and oxygen atoms in total. The van der Waals surface area contributed by atoms with E-state index in [2.05, 4.69) is 0 Å². The van der Waals surface area contributed by atoms with Crippen molar-refractivity contribution in [3.8, 4) is 0 Å². The molecule has 0 saturated carbocycles. The molecule has 0 bridgehead atoms. The SMILES string of the molecule is COC([C@@H](O)[C@H](O)[C@H](O)CF)n1cc(C)c(=O)[nH]c1=O. The molecule has 0 spiro atoms. The minimum atomic E-state index is -1.86. The molecule has 20 heavy (non-hydrogen) atoms. The third kappa shape index (κ3) is 3.31. The average molecular weight is 292 g/mol. The van der Waals surface area contributed by atoms with Crippen LogP contribution in [0.4, 0.5) is 4.39 Å². The van der Waals surface area contributed by atoms with E-state index in [1.54, 1.807) is 0 Å². The third-order valence-corrected chi connectivity index (χ3v) is 2.86. The van der Waals surface area contributed by atoms with Crippen LogP contribution in [0, 0.1) is 6.92 Å². The lowest BCUT2D eigenvalue weighted by molar-refractivity contribution is -0.142. The molecule has 1 rings (SSSR count). The lowest BCUT2D eigenvalue weighted by Crippen LogP contribution is -2.47. The van der Waals surface area contributed by atoms with Crippen molar-refractivity contribution in [2.45, 2.75) is 31.5 Å². The van der Waals surface area contributed by atoms with Gasteiger partial charge >= 0.3 is 5.69 Å². The van der Waals surface area contributed by atoms with E-state index in [-0.39, 0.29) is 5.56 Å². The van der Waals surface area contributed by atoms with Crippen LogP contribution >= 0.6 is 0 Å². The number of H-pyrrole nitrogens is 1. The zero-order valence-electron chi connectivity index (χ0n) is 11.0. The molecule has 0 fully saturated rings. The highest BCUT2D eigenvalue weighted by Gasteiger charge is 2.33. The summed E-state index contributed by atoms with van der Waals surface area (Å²) >= 11 is 0. The summed E-state index contributed by atoms with van der Waals surface area (Å²) in [5.74, 6) is 0. The van der Waals surface area contributed by atoms with Crippen LogP contribution in [-0.2, 0) is 4.74 Å². The van der Waals surface area contributed by atoms with Crippen LogP contribution in [0.15, 0.2) is 15.8 Å². The Morgan fingerprint density at radius 3 is 2.45 bits per heavy atom. The van der Waals surface area contributed by atoms with Crippen molar-refractivity contribution in [1.82, 2.24) is 9.55 Å². The van der Waals surface area contributed by atoms with Gasteiger partial charge < -0.3 is 20.1 Å². The molecular formula is C11H17FN2O6. The number of hydrogen-bond donors (Lipinski definition) is 4. The first-order valence-electron chi connectivity index (χ1n) is 5.78. The van der Waals surface area contributed by atoms with Gasteiger partial charge in [-0.05, 0) is 6.92 Å². The number of aliphatic hydroxyl groups is 3. The quantitative estimate of drug-likeness (QED) is 0.482. The largest absolute Gasteiger partial charge is 0.388 e. The molecule has 0 aliphatic rings. The molecule has 0 aromatic carbocycles. The Morgan fingerprint density at radius 2 is 1.95 bits per heavy atom. The predicted octanol–water partition coefficient (Wildman–Crippen LogP) is -1.96. The highest BCUT2D eigenvalue weighted by molar-refractivity contribution is 5.02. The number of hydrogen-bond acceptors (Lipinski definition) is 6. The maximum absolute atomic E-state index is 12.3. The van der Waals surface area contributed by atoms with Crippen LogP contribution in [0.2, 0.25) is 0 Å². The minimum Gasteiger partial charge on any atom is -0.388 e. The number of halogens is 1. The van der Waals surface area contributed by atoms with Crippen LogP contribution in [0.5, 0.6) is 0 Å². The van der Waals surface area contributed by atoms with Gasteiger partial charge in [0.2, 0.25) is 0 Å². The molecule has 0 aliphatic carbocycles. The molecule has 1 aromatic heterocycles. The van der Waals surface area contributed by atoms with Crippen LogP contribution in [0.25, 0.3) is 0 Å². The summed E-state index contributed by atoms with van der Waals surface area (Å²) in [7, 11) is 1.15. The normalized spacial score (nSPS) is 17.5. The number of rotatable bonds is 6. The summed E-state index contributed by atoms with van der Waals surface area (Å²) in [6, 6.07) is 0. The summed E-state index contributed by atoms with van der Waals surface area (Å²) in [6.45, 7) is 0.162. The fourth-order valence-electron chi connectivity index (χ4n) is 1.68. The zero-order chi connectivity index (χ0) is 15.4. The molecule has 1 unspecified atom stereocenters. The van der Waals surface area contributed by atoms with Crippen molar-refractivity contribution in [2.24, 2.45) is 0 Å². The van der Waals surface area contributed by atoms with E-state index in [1.165, 1.54) is 6.92 Å². The van der Waals surface area contributed by atoms with Crippen molar-refractivity contribution < 1.29 is 24.4 Å². The number of ether oxygens (including phenoxy) is 1. The average Bonchev–Trinajstić information content (AvgIpc) is 2.43. The number of methoxy groups -OCH3 is 1. The molecule has 1 aromatic rings. The number of aromatic nitrogens is 2. The van der Waals surface area contributed by atoms with Crippen molar-refractivity contribution >= 4 is 0 Å². The van der Waals surface area contributed by atoms with Crippen LogP contribution in [0.3, 0.4) is 0 Å². The van der Waals surface area contributed by atoms with Crippen molar-refractivity contribution in [3.63, 3.8) is 0 Å². The molecule has 4 N–H and O–H groups in total. The zero-order valence-corrected chi connectivity index (χ0v) is 11.0. The van der Waals surface area contributed by atoms with Crippen LogP contribution in [-0.4, -0.2) is 57.0 Å². The monoisotopic (exact) mass is 292 g/mol. The third-order valence-electron chi connectivity index (χ3n) is 2.86. The van der Waals surface area contributed by atoms with Gasteiger partial charge in [0.25, 0.3) is 5.56 Å². The van der Waals surface area contributed by atoms with E-state index in [0.717, 1.165) is 17.9 Å². The number of aliphatic hydroxyl groups excluding tert-OH is 3. The van der Waals surface area contributed by atoms with Crippen molar-refractivity contribution in [3.05, 3.63) is 32.6 Å². The molecule has 4 atom stereocenters. The Bertz CT molecular complexity index is 557. The number of nitrogens with zero attached hydrogens (tertiary/aromatic N) is 1. The van der Waals surface area contributed by atoms with Gasteiger partial charge in [0.1, 0.15) is 25.0 Å². The molecule has 1 heterocycles. The maximum Gasteiger partial charge on any atom is 0.330 e. The number of aromatic amines is 1. The van der Waals surface area contributed by atoms with Gasteiger partial charge in [0.15, 0.2) is 6.23 Å². The van der Waals surface area contributed by atoms with Crippen molar-refractivity contribution in [1.29, 1.82) is 0 Å². The molecule has 0 aliphatic heterocycles. The van der Waals surface area contributed by atoms with E-state index < -0.39 is 42.5 Å². The van der Waals surface area contributed by atoms with E-state index in [1.807, 2.05) is 4.98 Å². The molecule has 114 valence electrons. The first kappa shape index (κ1) is 16.5. The lowest BCUT2D eigenvalue weighted by Gasteiger charge is -2.28. The minimum absolute atomic E-state index is 0.180. The van der Waals surface area contributed by atoms with E-state index in [4.69, 9.17) is 4.74 Å².